The van der Waals surface area contributed by atoms with Gasteiger partial charge in [0.2, 0.25) is 5.91 Å². The number of piperazine rings is 1. The third-order valence-electron chi connectivity index (χ3n) is 6.33. The van der Waals surface area contributed by atoms with Gasteiger partial charge in [-0.15, -0.1) is 0 Å². The highest BCUT2D eigenvalue weighted by atomic mass is 16.5. The zero-order chi connectivity index (χ0) is 22.8. The molecule has 1 aromatic heterocycles. The molecule has 0 saturated carbocycles. The van der Waals surface area contributed by atoms with Crippen LogP contribution >= 0.6 is 0 Å². The fourth-order valence-electron chi connectivity index (χ4n) is 4.33. The maximum Gasteiger partial charge on any atom is 0.272 e. The first-order valence-electron chi connectivity index (χ1n) is 11.4. The second-order valence-corrected chi connectivity index (χ2v) is 9.03. The quantitative estimate of drug-likeness (QED) is 0.731. The Balaban J connectivity index is 1.46. The van der Waals surface area contributed by atoms with E-state index in [0.29, 0.717) is 25.4 Å². The SMILES string of the molecule is CC(=O)N1CCN(Cc2ccc3c(c2)CN(C(=O)c2cc(C(C)C)nn2C)CCO3)CC1. The Morgan fingerprint density at radius 2 is 1.81 bits per heavy atom. The molecule has 4 rings (SSSR count). The van der Waals surface area contributed by atoms with Gasteiger partial charge in [0.1, 0.15) is 18.1 Å². The average Bonchev–Trinajstić information content (AvgIpc) is 3.03. The van der Waals surface area contributed by atoms with Crippen LogP contribution in [0.2, 0.25) is 0 Å². The molecule has 8 nitrogen and oxygen atoms in total. The molecule has 2 aliphatic heterocycles. The van der Waals surface area contributed by atoms with Crippen molar-refractivity contribution >= 4 is 11.8 Å². The number of ether oxygens (including phenoxy) is 1. The molecule has 3 heterocycles. The maximum atomic E-state index is 13.3. The van der Waals surface area contributed by atoms with Gasteiger partial charge in [0.15, 0.2) is 0 Å². The first kappa shape index (κ1) is 22.3. The van der Waals surface area contributed by atoms with Gasteiger partial charge in [-0.25, -0.2) is 0 Å². The molecular weight excluding hydrogens is 406 g/mol. The van der Waals surface area contributed by atoms with Crippen LogP contribution in [-0.4, -0.2) is 75.6 Å². The van der Waals surface area contributed by atoms with Crippen LogP contribution in [-0.2, 0) is 24.9 Å². The molecule has 172 valence electrons. The maximum absolute atomic E-state index is 13.3. The Kier molecular flexibility index (Phi) is 6.50. The lowest BCUT2D eigenvalue weighted by atomic mass is 10.1. The lowest BCUT2D eigenvalue weighted by Crippen LogP contribution is -2.47. The van der Waals surface area contributed by atoms with E-state index in [1.54, 1.807) is 11.6 Å². The minimum Gasteiger partial charge on any atom is -0.491 e. The van der Waals surface area contributed by atoms with Gasteiger partial charge in [0.05, 0.1) is 12.2 Å². The molecule has 0 atom stereocenters. The number of aryl methyl sites for hydroxylation is 1. The lowest BCUT2D eigenvalue weighted by molar-refractivity contribution is -0.130. The number of aromatic nitrogens is 2. The number of fused-ring (bicyclic) bond motifs is 1. The van der Waals surface area contributed by atoms with Crippen molar-refractivity contribution in [2.45, 2.75) is 39.8 Å². The largest absolute Gasteiger partial charge is 0.491 e. The molecule has 2 aromatic rings. The molecule has 0 aliphatic carbocycles. The Bertz CT molecular complexity index is 992. The van der Waals surface area contributed by atoms with E-state index in [1.165, 1.54) is 5.56 Å². The molecule has 1 aromatic carbocycles. The van der Waals surface area contributed by atoms with Crippen LogP contribution in [0.5, 0.6) is 5.75 Å². The van der Waals surface area contributed by atoms with Crippen LogP contribution in [0.1, 0.15) is 54.0 Å². The monoisotopic (exact) mass is 439 g/mol. The molecular formula is C24H33N5O3. The van der Waals surface area contributed by atoms with Crippen LogP contribution in [0.4, 0.5) is 0 Å². The summed E-state index contributed by atoms with van der Waals surface area (Å²) in [4.78, 5) is 30.9. The number of rotatable bonds is 4. The third kappa shape index (κ3) is 4.80. The number of amides is 2. The highest BCUT2D eigenvalue weighted by Crippen LogP contribution is 2.26. The van der Waals surface area contributed by atoms with Crippen molar-refractivity contribution < 1.29 is 14.3 Å². The first-order valence-corrected chi connectivity index (χ1v) is 11.4. The van der Waals surface area contributed by atoms with Gasteiger partial charge in [-0.2, -0.15) is 5.10 Å². The van der Waals surface area contributed by atoms with Crippen molar-refractivity contribution in [3.05, 3.63) is 46.8 Å². The second-order valence-electron chi connectivity index (χ2n) is 9.03. The second kappa shape index (κ2) is 9.32. The summed E-state index contributed by atoms with van der Waals surface area (Å²) < 4.78 is 7.63. The van der Waals surface area contributed by atoms with E-state index in [-0.39, 0.29) is 17.7 Å². The number of carbonyl (C=O) groups excluding carboxylic acids is 2. The zero-order valence-corrected chi connectivity index (χ0v) is 19.5. The van der Waals surface area contributed by atoms with E-state index < -0.39 is 0 Å². The minimum absolute atomic E-state index is 0.0193. The molecule has 8 heteroatoms. The summed E-state index contributed by atoms with van der Waals surface area (Å²) in [6, 6.07) is 8.17. The van der Waals surface area contributed by atoms with E-state index >= 15 is 0 Å². The van der Waals surface area contributed by atoms with Crippen molar-refractivity contribution in [2.24, 2.45) is 7.05 Å². The van der Waals surface area contributed by atoms with Crippen LogP contribution in [0.25, 0.3) is 0 Å². The van der Waals surface area contributed by atoms with Crippen molar-refractivity contribution in [1.29, 1.82) is 0 Å². The van der Waals surface area contributed by atoms with Gasteiger partial charge in [-0.1, -0.05) is 19.9 Å². The van der Waals surface area contributed by atoms with Crippen molar-refractivity contribution in [3.63, 3.8) is 0 Å². The van der Waals surface area contributed by atoms with Crippen LogP contribution in [0, 0.1) is 0 Å². The molecule has 2 amide bonds. The highest BCUT2D eigenvalue weighted by molar-refractivity contribution is 5.92. The minimum atomic E-state index is -0.0193. The summed E-state index contributed by atoms with van der Waals surface area (Å²) in [6.07, 6.45) is 0. The summed E-state index contributed by atoms with van der Waals surface area (Å²) in [7, 11) is 1.82. The summed E-state index contributed by atoms with van der Waals surface area (Å²) in [5.74, 6) is 1.24. The Labute approximate surface area is 189 Å². The predicted octanol–water partition coefficient (Wildman–Crippen LogP) is 2.24. The smallest absolute Gasteiger partial charge is 0.272 e. The van der Waals surface area contributed by atoms with Gasteiger partial charge in [-0.05, 0) is 29.7 Å². The fourth-order valence-corrected chi connectivity index (χ4v) is 4.33. The topological polar surface area (TPSA) is 70.9 Å². The van der Waals surface area contributed by atoms with Crippen LogP contribution < -0.4 is 4.74 Å². The van der Waals surface area contributed by atoms with Gasteiger partial charge < -0.3 is 14.5 Å². The zero-order valence-electron chi connectivity index (χ0n) is 19.5. The number of benzene rings is 1. The number of hydrogen-bond donors (Lipinski definition) is 0. The third-order valence-corrected chi connectivity index (χ3v) is 6.33. The van der Waals surface area contributed by atoms with Crippen molar-refractivity contribution in [1.82, 2.24) is 24.5 Å². The molecule has 2 aliphatic rings. The Morgan fingerprint density at radius 3 is 2.47 bits per heavy atom. The average molecular weight is 440 g/mol. The molecule has 0 spiro atoms. The normalized spacial score (nSPS) is 17.2. The fraction of sp³-hybridized carbons (Fsp3) is 0.542. The molecule has 32 heavy (non-hydrogen) atoms. The van der Waals surface area contributed by atoms with Crippen LogP contribution in [0.15, 0.2) is 24.3 Å². The summed E-state index contributed by atoms with van der Waals surface area (Å²) in [5, 5.41) is 4.50. The number of nitrogens with zero attached hydrogens (tertiary/aromatic N) is 5. The molecule has 0 N–H and O–H groups in total. The van der Waals surface area contributed by atoms with E-state index in [1.807, 2.05) is 29.0 Å². The van der Waals surface area contributed by atoms with E-state index in [4.69, 9.17) is 4.74 Å². The first-order chi connectivity index (χ1) is 15.3. The van der Waals surface area contributed by atoms with Crippen molar-refractivity contribution in [2.75, 3.05) is 39.3 Å². The molecule has 0 radical (unpaired) electrons. The number of carbonyl (C=O) groups is 2. The number of hydrogen-bond acceptors (Lipinski definition) is 5. The molecule has 0 bridgehead atoms. The van der Waals surface area contributed by atoms with Gasteiger partial charge in [0.25, 0.3) is 5.91 Å². The van der Waals surface area contributed by atoms with Crippen LogP contribution in [0.3, 0.4) is 0 Å². The summed E-state index contributed by atoms with van der Waals surface area (Å²) in [6.45, 7) is 11.4. The summed E-state index contributed by atoms with van der Waals surface area (Å²) >= 11 is 0. The van der Waals surface area contributed by atoms with E-state index in [9.17, 15) is 9.59 Å². The Morgan fingerprint density at radius 1 is 1.06 bits per heavy atom. The standard InChI is InChI=1S/C24H33N5O3/c1-17(2)21-14-22(26(4)25-21)24(31)29-11-12-32-23-6-5-19(13-20(23)16-29)15-27-7-9-28(10-8-27)18(3)30/h5-6,13-14,17H,7-12,15-16H2,1-4H3. The molecule has 0 unspecified atom stereocenters. The van der Waals surface area contributed by atoms with Gasteiger partial charge >= 0.3 is 0 Å². The van der Waals surface area contributed by atoms with E-state index in [0.717, 1.165) is 49.7 Å². The molecule has 1 saturated heterocycles. The predicted molar refractivity (Wildman–Crippen MR) is 122 cm³/mol. The van der Waals surface area contributed by atoms with Crippen molar-refractivity contribution in [3.8, 4) is 5.75 Å². The summed E-state index contributed by atoms with van der Waals surface area (Å²) in [5.41, 5.74) is 3.76. The van der Waals surface area contributed by atoms with Gasteiger partial charge in [0, 0.05) is 58.8 Å². The Hall–Kier alpha value is -2.87. The van der Waals surface area contributed by atoms with E-state index in [2.05, 4.69) is 36.0 Å². The van der Waals surface area contributed by atoms with Gasteiger partial charge in [-0.3, -0.25) is 19.2 Å². The lowest BCUT2D eigenvalue weighted by Gasteiger charge is -2.34. The molecule has 1 fully saturated rings. The highest BCUT2D eigenvalue weighted by Gasteiger charge is 2.25.